The molecule has 1 heterocycles. The molecule has 1 amide bonds. The molecule has 1 N–H and O–H groups in total. The predicted octanol–water partition coefficient (Wildman–Crippen LogP) is 4.72. The van der Waals surface area contributed by atoms with E-state index in [0.717, 1.165) is 23.3 Å². The first kappa shape index (κ1) is 17.6. The molecule has 0 radical (unpaired) electrons. The average molecular weight is 357 g/mol. The molecule has 26 heavy (non-hydrogen) atoms. The smallest absolute Gasteiger partial charge is 0.319 e. The summed E-state index contributed by atoms with van der Waals surface area (Å²) in [5.74, 6) is -0.414. The van der Waals surface area contributed by atoms with Gasteiger partial charge in [-0.2, -0.15) is 13.2 Å². The molecule has 0 aliphatic rings. The highest BCUT2D eigenvalue weighted by Crippen LogP contribution is 2.32. The van der Waals surface area contributed by atoms with Gasteiger partial charge in [0.15, 0.2) is 5.82 Å². The SMILES string of the molecule is Cc1ccc(-c2ncc(NC(=O)c3ccccc3C(F)(F)F)cn2)cc1. The standard InChI is InChI=1S/C19H14F3N3O/c1-12-6-8-13(9-7-12)17-23-10-14(11-24-17)25-18(26)15-4-2-3-5-16(15)19(20,21)22/h2-11H,1H3,(H,25,26). The van der Waals surface area contributed by atoms with Crippen molar-refractivity contribution in [1.82, 2.24) is 9.97 Å². The number of benzene rings is 2. The van der Waals surface area contributed by atoms with Crippen molar-refractivity contribution in [2.75, 3.05) is 5.32 Å². The van der Waals surface area contributed by atoms with Crippen molar-refractivity contribution in [2.24, 2.45) is 0 Å². The summed E-state index contributed by atoms with van der Waals surface area (Å²) in [5.41, 5.74) is 0.664. The van der Waals surface area contributed by atoms with Crippen molar-refractivity contribution in [1.29, 1.82) is 0 Å². The van der Waals surface area contributed by atoms with Crippen molar-refractivity contribution in [3.05, 3.63) is 77.6 Å². The lowest BCUT2D eigenvalue weighted by molar-refractivity contribution is -0.137. The van der Waals surface area contributed by atoms with E-state index < -0.39 is 23.2 Å². The maximum atomic E-state index is 13.0. The quantitative estimate of drug-likeness (QED) is 0.738. The van der Waals surface area contributed by atoms with Gasteiger partial charge in [0.1, 0.15) is 0 Å². The number of alkyl halides is 3. The second-order valence-corrected chi connectivity index (χ2v) is 5.66. The Morgan fingerprint density at radius 2 is 1.58 bits per heavy atom. The van der Waals surface area contributed by atoms with Crippen LogP contribution in [-0.2, 0) is 6.18 Å². The first-order chi connectivity index (χ1) is 12.3. The lowest BCUT2D eigenvalue weighted by atomic mass is 10.1. The number of amides is 1. The number of aromatic nitrogens is 2. The third-order valence-corrected chi connectivity index (χ3v) is 3.70. The van der Waals surface area contributed by atoms with Crippen molar-refractivity contribution >= 4 is 11.6 Å². The third kappa shape index (κ3) is 3.88. The molecule has 0 saturated carbocycles. The number of carbonyl (C=O) groups is 1. The van der Waals surface area contributed by atoms with E-state index in [0.29, 0.717) is 5.82 Å². The minimum absolute atomic E-state index is 0.211. The van der Waals surface area contributed by atoms with E-state index in [1.165, 1.54) is 24.5 Å². The Bertz CT molecular complexity index is 920. The fraction of sp³-hybridized carbons (Fsp3) is 0.105. The fourth-order valence-electron chi connectivity index (χ4n) is 2.37. The molecule has 7 heteroatoms. The van der Waals surface area contributed by atoms with Gasteiger partial charge in [0.05, 0.1) is 29.2 Å². The van der Waals surface area contributed by atoms with Crippen LogP contribution in [0.25, 0.3) is 11.4 Å². The zero-order valence-corrected chi connectivity index (χ0v) is 13.7. The molecule has 1 aromatic heterocycles. The molecule has 0 fully saturated rings. The second kappa shape index (κ2) is 6.95. The highest BCUT2D eigenvalue weighted by Gasteiger charge is 2.34. The Hall–Kier alpha value is -3.22. The first-order valence-corrected chi connectivity index (χ1v) is 7.71. The van der Waals surface area contributed by atoms with Gasteiger partial charge in [0.2, 0.25) is 0 Å². The number of halogens is 3. The molecule has 132 valence electrons. The van der Waals surface area contributed by atoms with Crippen LogP contribution in [0.15, 0.2) is 60.9 Å². The van der Waals surface area contributed by atoms with Crippen molar-refractivity contribution in [3.8, 4) is 11.4 Å². The molecule has 2 aromatic carbocycles. The number of hydrogen-bond acceptors (Lipinski definition) is 3. The van der Waals surface area contributed by atoms with E-state index in [9.17, 15) is 18.0 Å². The van der Waals surface area contributed by atoms with Gasteiger partial charge in [0, 0.05) is 5.56 Å². The summed E-state index contributed by atoms with van der Waals surface area (Å²) in [7, 11) is 0. The number of aryl methyl sites for hydroxylation is 1. The van der Waals surface area contributed by atoms with Gasteiger partial charge < -0.3 is 5.32 Å². The summed E-state index contributed by atoms with van der Waals surface area (Å²) >= 11 is 0. The highest BCUT2D eigenvalue weighted by molar-refractivity contribution is 6.05. The Labute approximate surface area is 147 Å². The molecule has 0 atom stereocenters. The largest absolute Gasteiger partial charge is 0.417 e. The fourth-order valence-corrected chi connectivity index (χ4v) is 2.37. The van der Waals surface area contributed by atoms with Gasteiger partial charge in [-0.3, -0.25) is 4.79 Å². The van der Waals surface area contributed by atoms with E-state index >= 15 is 0 Å². The van der Waals surface area contributed by atoms with E-state index in [1.54, 1.807) is 0 Å². The van der Waals surface area contributed by atoms with E-state index in [-0.39, 0.29) is 5.69 Å². The average Bonchev–Trinajstić information content (AvgIpc) is 2.62. The van der Waals surface area contributed by atoms with E-state index in [2.05, 4.69) is 15.3 Å². The summed E-state index contributed by atoms with van der Waals surface area (Å²) < 4.78 is 39.0. The maximum Gasteiger partial charge on any atom is 0.417 e. The number of anilines is 1. The molecule has 0 spiro atoms. The Morgan fingerprint density at radius 1 is 0.962 bits per heavy atom. The highest BCUT2D eigenvalue weighted by atomic mass is 19.4. The Kier molecular flexibility index (Phi) is 4.71. The van der Waals surface area contributed by atoms with Crippen LogP contribution in [-0.4, -0.2) is 15.9 Å². The van der Waals surface area contributed by atoms with Crippen molar-refractivity contribution < 1.29 is 18.0 Å². The Balaban J connectivity index is 1.80. The molecular formula is C19H14F3N3O. The first-order valence-electron chi connectivity index (χ1n) is 7.71. The predicted molar refractivity (Wildman–Crippen MR) is 91.6 cm³/mol. The number of nitrogens with one attached hydrogen (secondary N) is 1. The van der Waals surface area contributed by atoms with Crippen LogP contribution < -0.4 is 5.32 Å². The molecule has 3 rings (SSSR count). The minimum atomic E-state index is -4.61. The Morgan fingerprint density at radius 3 is 2.19 bits per heavy atom. The monoisotopic (exact) mass is 357 g/mol. The van der Waals surface area contributed by atoms with Crippen LogP contribution in [0, 0.1) is 6.92 Å². The van der Waals surface area contributed by atoms with Crippen LogP contribution in [0.3, 0.4) is 0 Å². The third-order valence-electron chi connectivity index (χ3n) is 3.70. The molecule has 3 aromatic rings. The number of rotatable bonds is 3. The summed E-state index contributed by atoms with van der Waals surface area (Å²) in [6, 6.07) is 12.2. The summed E-state index contributed by atoms with van der Waals surface area (Å²) in [6.07, 6.45) is -1.90. The number of carbonyl (C=O) groups excluding carboxylic acids is 1. The van der Waals surface area contributed by atoms with Crippen LogP contribution in [0.4, 0.5) is 18.9 Å². The van der Waals surface area contributed by atoms with E-state index in [4.69, 9.17) is 0 Å². The van der Waals surface area contributed by atoms with Crippen LogP contribution in [0.5, 0.6) is 0 Å². The molecule has 0 aliphatic carbocycles. The molecule has 0 unspecified atom stereocenters. The summed E-state index contributed by atoms with van der Waals surface area (Å²) in [4.78, 5) is 20.5. The molecular weight excluding hydrogens is 343 g/mol. The van der Waals surface area contributed by atoms with Crippen LogP contribution in [0.1, 0.15) is 21.5 Å². The summed E-state index contributed by atoms with van der Waals surface area (Å²) in [6.45, 7) is 1.96. The van der Waals surface area contributed by atoms with Gasteiger partial charge in [-0.05, 0) is 19.1 Å². The topological polar surface area (TPSA) is 54.9 Å². The zero-order valence-electron chi connectivity index (χ0n) is 13.7. The summed E-state index contributed by atoms with van der Waals surface area (Å²) in [5, 5.41) is 2.39. The lowest BCUT2D eigenvalue weighted by Crippen LogP contribution is -2.18. The van der Waals surface area contributed by atoms with Gasteiger partial charge in [0.25, 0.3) is 5.91 Å². The lowest BCUT2D eigenvalue weighted by Gasteiger charge is -2.12. The molecule has 0 aliphatic heterocycles. The van der Waals surface area contributed by atoms with Crippen LogP contribution in [0.2, 0.25) is 0 Å². The van der Waals surface area contributed by atoms with Gasteiger partial charge in [-0.1, -0.05) is 42.0 Å². The van der Waals surface area contributed by atoms with E-state index in [1.807, 2.05) is 31.2 Å². The van der Waals surface area contributed by atoms with Crippen LogP contribution >= 0.6 is 0 Å². The minimum Gasteiger partial charge on any atom is -0.319 e. The molecule has 0 saturated heterocycles. The second-order valence-electron chi connectivity index (χ2n) is 5.66. The van der Waals surface area contributed by atoms with Gasteiger partial charge in [-0.15, -0.1) is 0 Å². The normalized spacial score (nSPS) is 11.2. The number of hydrogen-bond donors (Lipinski definition) is 1. The maximum absolute atomic E-state index is 13.0. The number of nitrogens with zero attached hydrogens (tertiary/aromatic N) is 2. The molecule has 4 nitrogen and oxygen atoms in total. The van der Waals surface area contributed by atoms with Crippen molar-refractivity contribution in [3.63, 3.8) is 0 Å². The van der Waals surface area contributed by atoms with Gasteiger partial charge in [-0.25, -0.2) is 9.97 Å². The van der Waals surface area contributed by atoms with Crippen molar-refractivity contribution in [2.45, 2.75) is 13.1 Å². The molecule has 0 bridgehead atoms. The zero-order chi connectivity index (χ0) is 18.7. The van der Waals surface area contributed by atoms with Gasteiger partial charge >= 0.3 is 6.18 Å².